The van der Waals surface area contributed by atoms with Crippen molar-refractivity contribution in [2.24, 2.45) is 0 Å². The Labute approximate surface area is 139 Å². The van der Waals surface area contributed by atoms with Gasteiger partial charge in [-0.3, -0.25) is 4.79 Å². The van der Waals surface area contributed by atoms with Gasteiger partial charge >= 0.3 is 5.97 Å². The lowest BCUT2D eigenvalue weighted by molar-refractivity contribution is -0.116. The van der Waals surface area contributed by atoms with Crippen LogP contribution in [0, 0.1) is 0 Å². The van der Waals surface area contributed by atoms with Crippen LogP contribution in [0.25, 0.3) is 0 Å². The predicted octanol–water partition coefficient (Wildman–Crippen LogP) is 2.69. The fraction of sp³-hybridized carbons (Fsp3) is 0.278. The van der Waals surface area contributed by atoms with Crippen molar-refractivity contribution in [3.8, 4) is 0 Å². The zero-order valence-corrected chi connectivity index (χ0v) is 13.3. The summed E-state index contributed by atoms with van der Waals surface area (Å²) in [6.07, 6.45) is 3.64. The Hall–Kier alpha value is -2.89. The normalized spacial score (nSPS) is 19.4. The average Bonchev–Trinajstić information content (AvgIpc) is 3.04. The van der Waals surface area contributed by atoms with Crippen molar-refractivity contribution in [3.05, 3.63) is 58.9 Å². The number of carbonyl (C=O) groups is 2. The van der Waals surface area contributed by atoms with Crippen molar-refractivity contribution < 1.29 is 14.3 Å². The van der Waals surface area contributed by atoms with Crippen LogP contribution < -0.4 is 5.32 Å². The van der Waals surface area contributed by atoms with E-state index in [-0.39, 0.29) is 11.8 Å². The lowest BCUT2D eigenvalue weighted by Gasteiger charge is -2.33. The number of anilines is 1. The molecule has 1 N–H and O–H groups in total. The van der Waals surface area contributed by atoms with Crippen LogP contribution in [0.15, 0.2) is 47.8 Å². The summed E-state index contributed by atoms with van der Waals surface area (Å²) in [5, 5.41) is 7.63. The molecular formula is C18H17N3O3. The van der Waals surface area contributed by atoms with E-state index in [9.17, 15) is 9.59 Å². The zero-order chi connectivity index (χ0) is 16.7. The molecule has 1 aromatic carbocycles. The number of benzene rings is 1. The number of hydrogen-bond acceptors (Lipinski definition) is 5. The van der Waals surface area contributed by atoms with Crippen molar-refractivity contribution in [2.45, 2.75) is 25.3 Å². The Balaban J connectivity index is 1.92. The highest BCUT2D eigenvalue weighted by Crippen LogP contribution is 2.41. The van der Waals surface area contributed by atoms with E-state index in [1.165, 1.54) is 13.3 Å². The smallest absolute Gasteiger partial charge is 0.343 e. The predicted molar refractivity (Wildman–Crippen MR) is 87.7 cm³/mol. The fourth-order valence-electron chi connectivity index (χ4n) is 3.46. The number of methoxy groups -OCH3 is 1. The molecule has 2 heterocycles. The summed E-state index contributed by atoms with van der Waals surface area (Å²) in [5.41, 5.74) is 2.99. The summed E-state index contributed by atoms with van der Waals surface area (Å²) in [5.74, 6) is 0.282. The highest BCUT2D eigenvalue weighted by Gasteiger charge is 2.37. The number of carbonyl (C=O) groups excluding carboxylic acids is 2. The second-order valence-electron chi connectivity index (χ2n) is 5.95. The quantitative estimate of drug-likeness (QED) is 0.860. The van der Waals surface area contributed by atoms with Crippen LogP contribution in [-0.4, -0.2) is 28.6 Å². The Kier molecular flexibility index (Phi) is 3.45. The largest absolute Gasteiger partial charge is 0.465 e. The van der Waals surface area contributed by atoms with Gasteiger partial charge in [0.1, 0.15) is 17.4 Å². The molecule has 1 atom stereocenters. The number of Topliss-reactive ketones (excluding diaryl/α,β-unsaturated/α-hetero) is 1. The van der Waals surface area contributed by atoms with E-state index in [1.807, 2.05) is 30.3 Å². The highest BCUT2D eigenvalue weighted by molar-refractivity contribution is 6.01. The summed E-state index contributed by atoms with van der Waals surface area (Å²) in [4.78, 5) is 24.6. The molecule has 1 aromatic heterocycles. The maximum absolute atomic E-state index is 12.6. The molecular weight excluding hydrogens is 306 g/mol. The number of allylic oxidation sites excluding steroid dienone is 2. The van der Waals surface area contributed by atoms with Crippen molar-refractivity contribution in [1.82, 2.24) is 9.78 Å². The van der Waals surface area contributed by atoms with Gasteiger partial charge in [-0.2, -0.15) is 5.10 Å². The number of aromatic nitrogens is 2. The van der Waals surface area contributed by atoms with E-state index >= 15 is 0 Å². The first-order valence-electron chi connectivity index (χ1n) is 7.94. The average molecular weight is 323 g/mol. The minimum atomic E-state index is -0.443. The van der Waals surface area contributed by atoms with Crippen LogP contribution >= 0.6 is 0 Å². The van der Waals surface area contributed by atoms with Crippen molar-refractivity contribution in [2.75, 3.05) is 12.4 Å². The first-order chi connectivity index (χ1) is 11.7. The molecule has 2 aromatic rings. The van der Waals surface area contributed by atoms with Crippen LogP contribution in [0.2, 0.25) is 0 Å². The molecule has 1 aliphatic carbocycles. The Morgan fingerprint density at radius 3 is 2.83 bits per heavy atom. The molecule has 0 radical (unpaired) electrons. The number of ether oxygens (including phenoxy) is 1. The third kappa shape index (κ3) is 2.14. The summed E-state index contributed by atoms with van der Waals surface area (Å²) in [7, 11) is 1.35. The second-order valence-corrected chi connectivity index (χ2v) is 5.95. The molecule has 2 aliphatic rings. The van der Waals surface area contributed by atoms with E-state index in [4.69, 9.17) is 4.74 Å². The maximum atomic E-state index is 12.6. The van der Waals surface area contributed by atoms with Gasteiger partial charge < -0.3 is 10.1 Å². The van der Waals surface area contributed by atoms with Crippen molar-refractivity contribution in [3.63, 3.8) is 0 Å². The molecule has 0 saturated heterocycles. The number of hydrogen-bond donors (Lipinski definition) is 1. The Morgan fingerprint density at radius 1 is 1.29 bits per heavy atom. The van der Waals surface area contributed by atoms with Gasteiger partial charge in [-0.25, -0.2) is 9.48 Å². The summed E-state index contributed by atoms with van der Waals surface area (Å²) >= 11 is 0. The van der Waals surface area contributed by atoms with Crippen LogP contribution in [0.4, 0.5) is 5.82 Å². The van der Waals surface area contributed by atoms with Gasteiger partial charge in [0, 0.05) is 17.7 Å². The number of nitrogens with one attached hydrogen (secondary N) is 1. The van der Waals surface area contributed by atoms with Gasteiger partial charge in [-0.15, -0.1) is 0 Å². The number of nitrogens with zero attached hydrogens (tertiary/aromatic N) is 2. The number of ketones is 1. The van der Waals surface area contributed by atoms with Crippen LogP contribution in [-0.2, 0) is 9.53 Å². The standard InChI is InChI=1S/C18H17N3O3/c1-24-18(23)12-10-19-21-16(11-6-3-2-4-7-11)15-13(20-17(12)21)8-5-9-14(15)22/h2-4,6-7,10,16,20H,5,8-9H2,1H3. The third-order valence-electron chi connectivity index (χ3n) is 4.56. The summed E-state index contributed by atoms with van der Waals surface area (Å²) < 4.78 is 6.56. The molecule has 0 fully saturated rings. The first kappa shape index (κ1) is 14.7. The fourth-order valence-corrected chi connectivity index (χ4v) is 3.46. The van der Waals surface area contributed by atoms with E-state index < -0.39 is 5.97 Å². The first-order valence-corrected chi connectivity index (χ1v) is 7.94. The van der Waals surface area contributed by atoms with Gasteiger partial charge in [0.25, 0.3) is 0 Å². The van der Waals surface area contributed by atoms with Crippen LogP contribution in [0.1, 0.15) is 41.2 Å². The topological polar surface area (TPSA) is 73.2 Å². The van der Waals surface area contributed by atoms with Gasteiger partial charge in [0.2, 0.25) is 0 Å². The zero-order valence-electron chi connectivity index (χ0n) is 13.3. The summed E-state index contributed by atoms with van der Waals surface area (Å²) in [6.45, 7) is 0. The molecule has 1 unspecified atom stereocenters. The lowest BCUT2D eigenvalue weighted by atomic mass is 9.85. The molecule has 122 valence electrons. The SMILES string of the molecule is COC(=O)c1cnn2c1NC1=C(C(=O)CCC1)C2c1ccccc1. The molecule has 24 heavy (non-hydrogen) atoms. The molecule has 0 amide bonds. The van der Waals surface area contributed by atoms with Crippen LogP contribution in [0.3, 0.4) is 0 Å². The maximum Gasteiger partial charge on any atom is 0.343 e. The Bertz CT molecular complexity index is 852. The minimum absolute atomic E-state index is 0.137. The highest BCUT2D eigenvalue weighted by atomic mass is 16.5. The second kappa shape index (κ2) is 5.63. The third-order valence-corrected chi connectivity index (χ3v) is 4.56. The monoisotopic (exact) mass is 323 g/mol. The van der Waals surface area contributed by atoms with Gasteiger partial charge in [0.15, 0.2) is 5.78 Å². The molecule has 4 rings (SSSR count). The van der Waals surface area contributed by atoms with Gasteiger partial charge in [0.05, 0.1) is 13.3 Å². The van der Waals surface area contributed by atoms with Crippen molar-refractivity contribution in [1.29, 1.82) is 0 Å². The van der Waals surface area contributed by atoms with E-state index in [2.05, 4.69) is 10.4 Å². The van der Waals surface area contributed by atoms with E-state index in [0.717, 1.165) is 29.7 Å². The molecule has 0 spiro atoms. The summed E-state index contributed by atoms with van der Waals surface area (Å²) in [6, 6.07) is 9.46. The number of fused-ring (bicyclic) bond motifs is 1. The van der Waals surface area contributed by atoms with Crippen molar-refractivity contribution >= 4 is 17.6 Å². The van der Waals surface area contributed by atoms with E-state index in [1.54, 1.807) is 4.68 Å². The van der Waals surface area contributed by atoms with E-state index in [0.29, 0.717) is 17.8 Å². The Morgan fingerprint density at radius 2 is 2.08 bits per heavy atom. The van der Waals surface area contributed by atoms with Gasteiger partial charge in [-0.05, 0) is 18.4 Å². The molecule has 0 saturated carbocycles. The molecule has 0 bridgehead atoms. The molecule has 6 heteroatoms. The molecule has 1 aliphatic heterocycles. The number of rotatable bonds is 2. The lowest BCUT2D eigenvalue weighted by Crippen LogP contribution is -2.31. The van der Waals surface area contributed by atoms with Gasteiger partial charge in [-0.1, -0.05) is 30.3 Å². The molecule has 6 nitrogen and oxygen atoms in total. The van der Waals surface area contributed by atoms with Crippen LogP contribution in [0.5, 0.6) is 0 Å². The number of esters is 1. The minimum Gasteiger partial charge on any atom is -0.465 e.